The lowest BCUT2D eigenvalue weighted by atomic mass is 10.2. The Bertz CT molecular complexity index is 951. The predicted molar refractivity (Wildman–Crippen MR) is 92.1 cm³/mol. The van der Waals surface area contributed by atoms with Gasteiger partial charge in [0.25, 0.3) is 5.91 Å². The Balaban J connectivity index is 1.78. The van der Waals surface area contributed by atoms with Gasteiger partial charge in [0, 0.05) is 12.2 Å². The Morgan fingerprint density at radius 1 is 1.22 bits per heavy atom. The number of hydrogen-bond acceptors (Lipinski definition) is 5. The SMILES string of the molecule is C[C@H](NCc1cccc2nc(Nc3ccc(C(F)(F)F)cc3)nn12)C([NH])=O. The van der Waals surface area contributed by atoms with Gasteiger partial charge in [-0.15, -0.1) is 5.10 Å². The van der Waals surface area contributed by atoms with E-state index in [1.807, 2.05) is 0 Å². The summed E-state index contributed by atoms with van der Waals surface area (Å²) in [4.78, 5) is 15.3. The van der Waals surface area contributed by atoms with E-state index in [0.29, 0.717) is 23.6 Å². The number of hydrogen-bond donors (Lipinski definition) is 2. The Morgan fingerprint density at radius 2 is 1.93 bits per heavy atom. The minimum Gasteiger partial charge on any atom is -0.323 e. The van der Waals surface area contributed by atoms with Crippen LogP contribution in [-0.4, -0.2) is 26.5 Å². The molecule has 1 amide bonds. The topological polar surface area (TPSA) is 95.1 Å². The number of carbonyl (C=O) groups excluding carboxylic acids is 1. The minimum absolute atomic E-state index is 0.229. The van der Waals surface area contributed by atoms with Gasteiger partial charge in [-0.25, -0.2) is 4.52 Å². The highest BCUT2D eigenvalue weighted by Crippen LogP contribution is 2.30. The van der Waals surface area contributed by atoms with Crippen LogP contribution in [0.25, 0.3) is 5.65 Å². The van der Waals surface area contributed by atoms with Crippen molar-refractivity contribution in [1.82, 2.24) is 25.6 Å². The zero-order chi connectivity index (χ0) is 19.6. The summed E-state index contributed by atoms with van der Waals surface area (Å²) >= 11 is 0. The van der Waals surface area contributed by atoms with E-state index >= 15 is 0 Å². The van der Waals surface area contributed by atoms with Crippen molar-refractivity contribution in [2.24, 2.45) is 0 Å². The van der Waals surface area contributed by atoms with Crippen LogP contribution >= 0.6 is 0 Å². The van der Waals surface area contributed by atoms with Crippen LogP contribution in [0.1, 0.15) is 18.2 Å². The number of amides is 1. The van der Waals surface area contributed by atoms with Crippen molar-refractivity contribution in [1.29, 1.82) is 0 Å². The smallest absolute Gasteiger partial charge is 0.323 e. The molecule has 0 unspecified atom stereocenters. The van der Waals surface area contributed by atoms with Crippen molar-refractivity contribution in [3.8, 4) is 0 Å². The molecular weight excluding hydrogens is 361 g/mol. The number of pyridine rings is 1. The monoisotopic (exact) mass is 377 g/mol. The highest BCUT2D eigenvalue weighted by molar-refractivity contribution is 5.78. The average molecular weight is 377 g/mol. The molecule has 10 heteroatoms. The van der Waals surface area contributed by atoms with Gasteiger partial charge in [0.2, 0.25) is 5.95 Å². The number of rotatable bonds is 6. The second-order valence-corrected chi connectivity index (χ2v) is 5.89. The second kappa shape index (κ2) is 7.23. The number of anilines is 2. The highest BCUT2D eigenvalue weighted by atomic mass is 19.4. The molecule has 0 aliphatic rings. The first-order valence-electron chi connectivity index (χ1n) is 8.02. The van der Waals surface area contributed by atoms with E-state index in [-0.39, 0.29) is 5.95 Å². The molecule has 2 aromatic heterocycles. The van der Waals surface area contributed by atoms with E-state index in [1.54, 1.807) is 29.6 Å². The van der Waals surface area contributed by atoms with Crippen LogP contribution in [0.2, 0.25) is 0 Å². The molecule has 3 aromatic rings. The van der Waals surface area contributed by atoms with Crippen LogP contribution < -0.4 is 16.4 Å². The summed E-state index contributed by atoms with van der Waals surface area (Å²) in [6.45, 7) is 1.89. The molecular formula is C17H16F3N6O. The first kappa shape index (κ1) is 18.6. The quantitative estimate of drug-likeness (QED) is 0.689. The summed E-state index contributed by atoms with van der Waals surface area (Å²) in [6, 6.07) is 9.24. The maximum absolute atomic E-state index is 12.6. The van der Waals surface area contributed by atoms with Crippen LogP contribution in [0.15, 0.2) is 42.5 Å². The molecule has 1 radical (unpaired) electrons. The first-order chi connectivity index (χ1) is 12.7. The maximum atomic E-state index is 12.6. The van der Waals surface area contributed by atoms with Crippen LogP contribution in [0, 0.1) is 0 Å². The number of aromatic nitrogens is 3. The summed E-state index contributed by atoms with van der Waals surface area (Å²) in [5, 5.41) is 10.1. The first-order valence-corrected chi connectivity index (χ1v) is 8.02. The molecule has 0 saturated carbocycles. The van der Waals surface area contributed by atoms with Crippen LogP contribution in [-0.2, 0) is 17.5 Å². The van der Waals surface area contributed by atoms with Crippen molar-refractivity contribution >= 4 is 23.2 Å². The molecule has 0 bridgehead atoms. The highest BCUT2D eigenvalue weighted by Gasteiger charge is 2.29. The number of fused-ring (bicyclic) bond motifs is 1. The predicted octanol–water partition coefficient (Wildman–Crippen LogP) is 2.78. The molecule has 0 spiro atoms. The van der Waals surface area contributed by atoms with Crippen molar-refractivity contribution in [3.05, 3.63) is 53.7 Å². The van der Waals surface area contributed by atoms with Gasteiger partial charge in [0.15, 0.2) is 5.65 Å². The Labute approximate surface area is 152 Å². The van der Waals surface area contributed by atoms with E-state index in [1.165, 1.54) is 12.1 Å². The number of nitrogens with one attached hydrogen (secondary N) is 3. The van der Waals surface area contributed by atoms with Gasteiger partial charge in [-0.2, -0.15) is 18.2 Å². The minimum atomic E-state index is -4.39. The molecule has 0 aliphatic heterocycles. The van der Waals surface area contributed by atoms with Gasteiger partial charge in [0.05, 0.1) is 17.3 Å². The van der Waals surface area contributed by atoms with Crippen LogP contribution in [0.3, 0.4) is 0 Å². The number of alkyl halides is 3. The van der Waals surface area contributed by atoms with Gasteiger partial charge >= 0.3 is 6.18 Å². The lowest BCUT2D eigenvalue weighted by Crippen LogP contribution is -2.34. The lowest BCUT2D eigenvalue weighted by Gasteiger charge is -2.10. The average Bonchev–Trinajstić information content (AvgIpc) is 3.02. The van der Waals surface area contributed by atoms with E-state index in [9.17, 15) is 18.0 Å². The van der Waals surface area contributed by atoms with E-state index in [0.717, 1.165) is 12.1 Å². The lowest BCUT2D eigenvalue weighted by molar-refractivity contribution is -0.137. The Kier molecular flexibility index (Phi) is 5.00. The summed E-state index contributed by atoms with van der Waals surface area (Å²) in [7, 11) is 0. The standard InChI is InChI=1S/C17H16F3N6O/c1-10(15(21)27)22-9-13-3-2-4-14-24-16(25-26(13)14)23-12-7-5-11(6-8-12)17(18,19)20/h2-8,10,21-22H,9H2,1H3,(H,23,25)/t10-/m0/s1. The molecule has 0 fully saturated rings. The van der Waals surface area contributed by atoms with Crippen molar-refractivity contribution in [3.63, 3.8) is 0 Å². The molecule has 7 nitrogen and oxygen atoms in total. The fraction of sp³-hybridized carbons (Fsp3) is 0.235. The molecule has 3 rings (SSSR count). The van der Waals surface area contributed by atoms with Crippen molar-refractivity contribution < 1.29 is 18.0 Å². The van der Waals surface area contributed by atoms with Crippen LogP contribution in [0.5, 0.6) is 0 Å². The molecule has 1 aromatic carbocycles. The molecule has 1 atom stereocenters. The van der Waals surface area contributed by atoms with Crippen molar-refractivity contribution in [2.75, 3.05) is 5.32 Å². The fourth-order valence-electron chi connectivity index (χ4n) is 2.37. The molecule has 0 aliphatic carbocycles. The zero-order valence-electron chi connectivity index (χ0n) is 14.2. The van der Waals surface area contributed by atoms with Gasteiger partial charge < -0.3 is 10.6 Å². The normalized spacial score (nSPS) is 12.9. The molecule has 141 valence electrons. The van der Waals surface area contributed by atoms with Gasteiger partial charge in [-0.1, -0.05) is 6.07 Å². The molecule has 2 heterocycles. The third kappa shape index (κ3) is 4.34. The number of benzene rings is 1. The molecule has 3 N–H and O–H groups in total. The fourth-order valence-corrected chi connectivity index (χ4v) is 2.37. The number of halogens is 3. The maximum Gasteiger partial charge on any atom is 0.416 e. The number of nitrogens with zero attached hydrogens (tertiary/aromatic N) is 3. The Hall–Kier alpha value is -3.14. The molecule has 0 saturated heterocycles. The number of carbonyl (C=O) groups is 1. The Morgan fingerprint density at radius 3 is 2.56 bits per heavy atom. The summed E-state index contributed by atoms with van der Waals surface area (Å²) in [5.41, 5.74) is 8.02. The van der Waals surface area contributed by atoms with Gasteiger partial charge in [-0.05, 0) is 43.3 Å². The van der Waals surface area contributed by atoms with E-state index < -0.39 is 23.7 Å². The third-order valence-electron chi connectivity index (χ3n) is 3.89. The van der Waals surface area contributed by atoms with E-state index in [4.69, 9.17) is 5.73 Å². The van der Waals surface area contributed by atoms with Crippen LogP contribution in [0.4, 0.5) is 24.8 Å². The van der Waals surface area contributed by atoms with Gasteiger partial charge in [-0.3, -0.25) is 10.5 Å². The second-order valence-electron chi connectivity index (χ2n) is 5.89. The van der Waals surface area contributed by atoms with Crippen molar-refractivity contribution in [2.45, 2.75) is 25.7 Å². The summed E-state index contributed by atoms with van der Waals surface area (Å²) in [5.74, 6) is -0.489. The van der Waals surface area contributed by atoms with E-state index in [2.05, 4.69) is 20.7 Å². The zero-order valence-corrected chi connectivity index (χ0v) is 14.2. The summed E-state index contributed by atoms with van der Waals surface area (Å²) < 4.78 is 39.4. The largest absolute Gasteiger partial charge is 0.416 e. The third-order valence-corrected chi connectivity index (χ3v) is 3.89. The summed E-state index contributed by atoms with van der Waals surface area (Å²) in [6.07, 6.45) is -4.39. The molecule has 27 heavy (non-hydrogen) atoms. The van der Waals surface area contributed by atoms with Gasteiger partial charge in [0.1, 0.15) is 0 Å².